The van der Waals surface area contributed by atoms with Gasteiger partial charge in [-0.05, 0) is 18.2 Å². The molecule has 1 N–H and O–H groups in total. The highest BCUT2D eigenvalue weighted by molar-refractivity contribution is 6.42. The van der Waals surface area contributed by atoms with Crippen molar-refractivity contribution in [2.24, 2.45) is 0 Å². The van der Waals surface area contributed by atoms with Crippen molar-refractivity contribution >= 4 is 35.0 Å². The first-order valence-corrected chi connectivity index (χ1v) is 5.02. The molecule has 0 saturated heterocycles. The van der Waals surface area contributed by atoms with Crippen LogP contribution in [0.4, 0.5) is 4.39 Å². The molecule has 1 atom stereocenters. The van der Waals surface area contributed by atoms with E-state index in [9.17, 15) is 14.0 Å². The van der Waals surface area contributed by atoms with Gasteiger partial charge >= 0.3 is 5.97 Å². The van der Waals surface area contributed by atoms with E-state index in [1.54, 1.807) is 0 Å². The summed E-state index contributed by atoms with van der Waals surface area (Å²) >= 11 is 11.3. The summed E-state index contributed by atoms with van der Waals surface area (Å²) in [7, 11) is 0. The minimum absolute atomic E-state index is 0.137. The summed E-state index contributed by atoms with van der Waals surface area (Å²) in [4.78, 5) is 21.6. The van der Waals surface area contributed by atoms with E-state index in [0.29, 0.717) is 0 Å². The van der Waals surface area contributed by atoms with Crippen molar-refractivity contribution in [3.05, 3.63) is 33.8 Å². The Kier molecular flexibility index (Phi) is 4.26. The molecule has 16 heavy (non-hydrogen) atoms. The first-order valence-electron chi connectivity index (χ1n) is 4.27. The lowest BCUT2D eigenvalue weighted by molar-refractivity contribution is -0.142. The van der Waals surface area contributed by atoms with Crippen molar-refractivity contribution in [1.82, 2.24) is 0 Å². The molecule has 86 valence electrons. The Morgan fingerprint density at radius 2 is 1.94 bits per heavy atom. The fourth-order valence-corrected chi connectivity index (χ4v) is 1.34. The van der Waals surface area contributed by atoms with E-state index in [1.807, 2.05) is 0 Å². The van der Waals surface area contributed by atoms with Gasteiger partial charge in [-0.3, -0.25) is 4.79 Å². The number of Topliss-reactive ketones (excluding diaryl/α,β-unsaturated/α-hetero) is 1. The highest BCUT2D eigenvalue weighted by Crippen LogP contribution is 2.23. The monoisotopic (exact) mass is 264 g/mol. The molecule has 1 aromatic rings. The maximum Gasteiger partial charge on any atom is 0.338 e. The van der Waals surface area contributed by atoms with Crippen LogP contribution in [0.1, 0.15) is 16.8 Å². The maximum absolute atomic E-state index is 12.8. The third-order valence-corrected chi connectivity index (χ3v) is 2.61. The second-order valence-electron chi connectivity index (χ2n) is 3.06. The summed E-state index contributed by atoms with van der Waals surface area (Å²) < 4.78 is 12.8. The van der Waals surface area contributed by atoms with Crippen LogP contribution in [0.15, 0.2) is 18.2 Å². The fourth-order valence-electron chi connectivity index (χ4n) is 1.04. The zero-order chi connectivity index (χ0) is 12.3. The minimum Gasteiger partial charge on any atom is -0.479 e. The molecule has 3 nitrogen and oxygen atoms in total. The molecule has 0 radical (unpaired) electrons. The zero-order valence-corrected chi connectivity index (χ0v) is 9.43. The largest absolute Gasteiger partial charge is 0.479 e. The Bertz CT molecular complexity index is 434. The van der Waals surface area contributed by atoms with E-state index in [-0.39, 0.29) is 15.6 Å². The Morgan fingerprint density at radius 3 is 2.44 bits per heavy atom. The number of benzene rings is 1. The Hall–Kier alpha value is -1.13. The third kappa shape index (κ3) is 3.18. The van der Waals surface area contributed by atoms with Crippen LogP contribution in [0.5, 0.6) is 0 Å². The third-order valence-electron chi connectivity index (χ3n) is 1.87. The van der Waals surface area contributed by atoms with Gasteiger partial charge in [-0.1, -0.05) is 23.2 Å². The number of rotatable bonds is 4. The average Bonchev–Trinajstić information content (AvgIpc) is 2.21. The summed E-state index contributed by atoms with van der Waals surface area (Å²) in [6, 6.07) is 4.04. The minimum atomic E-state index is -2.21. The van der Waals surface area contributed by atoms with E-state index >= 15 is 0 Å². The van der Waals surface area contributed by atoms with Crippen LogP contribution in [0.2, 0.25) is 10.0 Å². The number of aliphatic carboxylic acids is 1. The van der Waals surface area contributed by atoms with Gasteiger partial charge in [0.15, 0.2) is 5.78 Å². The lowest BCUT2D eigenvalue weighted by Crippen LogP contribution is -2.18. The predicted molar refractivity (Wildman–Crippen MR) is 57.9 cm³/mol. The molecule has 0 fully saturated rings. The molecule has 0 aliphatic carbocycles. The molecule has 0 spiro atoms. The van der Waals surface area contributed by atoms with E-state index in [0.717, 1.165) is 0 Å². The number of alkyl halides is 1. The SMILES string of the molecule is O=C(CC(F)C(=O)O)c1ccc(Cl)c(Cl)c1. The molecule has 0 heterocycles. The number of carbonyl (C=O) groups is 2. The van der Waals surface area contributed by atoms with E-state index < -0.39 is 24.3 Å². The van der Waals surface area contributed by atoms with Crippen LogP contribution in [-0.2, 0) is 4.79 Å². The lowest BCUT2D eigenvalue weighted by Gasteiger charge is -2.03. The molecule has 0 aromatic heterocycles. The van der Waals surface area contributed by atoms with E-state index in [4.69, 9.17) is 28.3 Å². The van der Waals surface area contributed by atoms with Gasteiger partial charge in [-0.2, -0.15) is 0 Å². The first-order chi connectivity index (χ1) is 7.41. The Labute approximate surface area is 101 Å². The predicted octanol–water partition coefficient (Wildman–Crippen LogP) is 2.99. The summed E-state index contributed by atoms with van der Waals surface area (Å²) in [5.74, 6) is -2.29. The van der Waals surface area contributed by atoms with Crippen molar-refractivity contribution in [2.45, 2.75) is 12.6 Å². The number of carbonyl (C=O) groups excluding carboxylic acids is 1. The van der Waals surface area contributed by atoms with Crippen LogP contribution < -0.4 is 0 Å². The molecule has 0 aliphatic heterocycles. The highest BCUT2D eigenvalue weighted by Gasteiger charge is 2.21. The van der Waals surface area contributed by atoms with Gasteiger partial charge in [-0.15, -0.1) is 0 Å². The van der Waals surface area contributed by atoms with Gasteiger partial charge in [0.05, 0.1) is 16.5 Å². The number of halogens is 3. The second-order valence-corrected chi connectivity index (χ2v) is 3.88. The van der Waals surface area contributed by atoms with Gasteiger partial charge < -0.3 is 5.11 Å². The first kappa shape index (κ1) is 12.9. The molecule has 0 bridgehead atoms. The summed E-state index contributed by atoms with van der Waals surface area (Å²) in [5, 5.41) is 8.74. The zero-order valence-electron chi connectivity index (χ0n) is 7.91. The van der Waals surface area contributed by atoms with Gasteiger partial charge in [0.25, 0.3) is 0 Å². The molecule has 1 rings (SSSR count). The van der Waals surface area contributed by atoms with Gasteiger partial charge in [-0.25, -0.2) is 9.18 Å². The van der Waals surface area contributed by atoms with E-state index in [1.165, 1.54) is 18.2 Å². The number of carboxylic acid groups (broad SMARTS) is 1. The summed E-state index contributed by atoms with van der Waals surface area (Å²) in [6.07, 6.45) is -2.92. The van der Waals surface area contributed by atoms with Gasteiger partial charge in [0.2, 0.25) is 6.17 Å². The molecule has 0 amide bonds. The van der Waals surface area contributed by atoms with Crippen molar-refractivity contribution in [2.75, 3.05) is 0 Å². The normalized spacial score (nSPS) is 12.2. The van der Waals surface area contributed by atoms with Crippen LogP contribution >= 0.6 is 23.2 Å². The molecule has 6 heteroatoms. The van der Waals surface area contributed by atoms with Crippen molar-refractivity contribution in [3.8, 4) is 0 Å². The maximum atomic E-state index is 12.8. The quantitative estimate of drug-likeness (QED) is 0.851. The lowest BCUT2D eigenvalue weighted by atomic mass is 10.1. The Morgan fingerprint density at radius 1 is 1.31 bits per heavy atom. The van der Waals surface area contributed by atoms with Crippen molar-refractivity contribution in [1.29, 1.82) is 0 Å². The van der Waals surface area contributed by atoms with Gasteiger partial charge in [0, 0.05) is 5.56 Å². The van der Waals surface area contributed by atoms with Crippen LogP contribution in [0.25, 0.3) is 0 Å². The molecular formula is C10H7Cl2FO3. The van der Waals surface area contributed by atoms with Crippen molar-refractivity contribution in [3.63, 3.8) is 0 Å². The molecule has 0 saturated carbocycles. The molecule has 1 aromatic carbocycles. The number of hydrogen-bond acceptors (Lipinski definition) is 2. The second kappa shape index (κ2) is 5.27. The van der Waals surface area contributed by atoms with Crippen LogP contribution in [-0.4, -0.2) is 23.0 Å². The van der Waals surface area contributed by atoms with Crippen LogP contribution in [0, 0.1) is 0 Å². The topological polar surface area (TPSA) is 54.4 Å². The summed E-state index contributed by atoms with van der Waals surface area (Å²) in [6.45, 7) is 0. The Balaban J connectivity index is 2.81. The van der Waals surface area contributed by atoms with Crippen molar-refractivity contribution < 1.29 is 19.1 Å². The summed E-state index contributed by atoms with van der Waals surface area (Å²) in [5.41, 5.74) is 0.137. The number of hydrogen-bond donors (Lipinski definition) is 1. The molecule has 0 aliphatic rings. The number of carboxylic acids is 1. The molecule has 1 unspecified atom stereocenters. The average molecular weight is 265 g/mol. The molecular weight excluding hydrogens is 258 g/mol. The van der Waals surface area contributed by atoms with E-state index in [2.05, 4.69) is 0 Å². The van der Waals surface area contributed by atoms with Gasteiger partial charge in [0.1, 0.15) is 0 Å². The highest BCUT2D eigenvalue weighted by atomic mass is 35.5. The number of ketones is 1. The fraction of sp³-hybridized carbons (Fsp3) is 0.200. The smallest absolute Gasteiger partial charge is 0.338 e. The van der Waals surface area contributed by atoms with Crippen LogP contribution in [0.3, 0.4) is 0 Å². The standard InChI is InChI=1S/C10H7Cl2FO3/c11-6-2-1-5(3-7(6)12)9(14)4-8(13)10(15)16/h1-3,8H,4H2,(H,15,16).